The van der Waals surface area contributed by atoms with Crippen molar-refractivity contribution in [2.45, 2.75) is 52.1 Å². The largest absolute Gasteiger partial charge is 0.393 e. The molecule has 0 aromatic rings. The Bertz CT molecular complexity index is 272. The summed E-state index contributed by atoms with van der Waals surface area (Å²) in [5.74, 6) is 1.41. The lowest BCUT2D eigenvalue weighted by Gasteiger charge is -2.42. The van der Waals surface area contributed by atoms with E-state index in [1.54, 1.807) is 0 Å². The van der Waals surface area contributed by atoms with Crippen LogP contribution in [0.2, 0.25) is 0 Å². The smallest absolute Gasteiger partial charge is 0.0552 e. The summed E-state index contributed by atoms with van der Waals surface area (Å²) < 4.78 is 0. The minimum absolute atomic E-state index is 0.142. The lowest BCUT2D eigenvalue weighted by atomic mass is 9.70. The highest BCUT2D eigenvalue weighted by molar-refractivity contribution is 4.91. The predicted molar refractivity (Wildman–Crippen MR) is 80.2 cm³/mol. The van der Waals surface area contributed by atoms with Gasteiger partial charge in [0.15, 0.2) is 0 Å². The number of aliphatic hydroxyl groups is 1. The first kappa shape index (κ1) is 15.3. The van der Waals surface area contributed by atoms with Crippen LogP contribution in [0, 0.1) is 17.3 Å². The molecule has 0 bridgehead atoms. The van der Waals surface area contributed by atoms with Crippen molar-refractivity contribution in [1.82, 2.24) is 10.2 Å². The molecule has 2 unspecified atom stereocenters. The third kappa shape index (κ3) is 3.93. The van der Waals surface area contributed by atoms with E-state index in [4.69, 9.17) is 0 Å². The van der Waals surface area contributed by atoms with Gasteiger partial charge in [-0.2, -0.15) is 0 Å². The lowest BCUT2D eigenvalue weighted by Crippen LogP contribution is -2.45. The molecule has 1 saturated carbocycles. The Morgan fingerprint density at radius 3 is 2.53 bits per heavy atom. The minimum atomic E-state index is -0.142. The first-order valence-electron chi connectivity index (χ1n) is 8.10. The van der Waals surface area contributed by atoms with Crippen molar-refractivity contribution in [2.24, 2.45) is 17.3 Å². The number of rotatable bonds is 5. The van der Waals surface area contributed by atoms with Crippen molar-refractivity contribution < 1.29 is 5.11 Å². The number of hydrogen-bond acceptors (Lipinski definition) is 3. The van der Waals surface area contributed by atoms with Crippen LogP contribution in [-0.2, 0) is 0 Å². The Morgan fingerprint density at radius 1 is 1.32 bits per heavy atom. The van der Waals surface area contributed by atoms with Gasteiger partial charge in [-0.05, 0) is 57.0 Å². The molecule has 2 N–H and O–H groups in total. The summed E-state index contributed by atoms with van der Waals surface area (Å²) in [5, 5.41) is 13.2. The Kier molecular flexibility index (Phi) is 5.27. The van der Waals surface area contributed by atoms with Crippen molar-refractivity contribution in [3.8, 4) is 0 Å². The van der Waals surface area contributed by atoms with Gasteiger partial charge in [-0.1, -0.05) is 19.8 Å². The highest BCUT2D eigenvalue weighted by Crippen LogP contribution is 2.40. The second kappa shape index (κ2) is 6.55. The van der Waals surface area contributed by atoms with Gasteiger partial charge in [-0.25, -0.2) is 0 Å². The van der Waals surface area contributed by atoms with Crippen LogP contribution in [0.4, 0.5) is 0 Å². The summed E-state index contributed by atoms with van der Waals surface area (Å²) >= 11 is 0. The van der Waals surface area contributed by atoms with Crippen molar-refractivity contribution in [2.75, 3.05) is 33.2 Å². The summed E-state index contributed by atoms with van der Waals surface area (Å²) in [5.41, 5.74) is 0.481. The molecule has 1 saturated heterocycles. The van der Waals surface area contributed by atoms with Crippen LogP contribution in [0.3, 0.4) is 0 Å². The topological polar surface area (TPSA) is 35.5 Å². The van der Waals surface area contributed by atoms with Crippen molar-refractivity contribution in [1.29, 1.82) is 0 Å². The third-order valence-electron chi connectivity index (χ3n) is 5.44. The molecule has 1 aliphatic carbocycles. The zero-order chi connectivity index (χ0) is 13.9. The standard InChI is InChI=1S/C16H32N2O/c1-13-4-7-16(8-5-13,11-17-3)12-18-9-6-15(10-18)14(2)19/h13-15,17,19H,4-12H2,1-3H3. The van der Waals surface area contributed by atoms with E-state index < -0.39 is 0 Å². The average molecular weight is 268 g/mol. The second-order valence-electron chi connectivity index (χ2n) is 7.24. The van der Waals surface area contributed by atoms with E-state index in [0.717, 1.165) is 19.0 Å². The van der Waals surface area contributed by atoms with E-state index in [-0.39, 0.29) is 6.10 Å². The van der Waals surface area contributed by atoms with Crippen LogP contribution in [0.1, 0.15) is 46.0 Å². The van der Waals surface area contributed by atoms with Gasteiger partial charge in [-0.3, -0.25) is 0 Å². The van der Waals surface area contributed by atoms with Gasteiger partial charge in [-0.15, -0.1) is 0 Å². The predicted octanol–water partition coefficient (Wildman–Crippen LogP) is 2.10. The van der Waals surface area contributed by atoms with Crippen molar-refractivity contribution in [3.63, 3.8) is 0 Å². The van der Waals surface area contributed by atoms with E-state index >= 15 is 0 Å². The van der Waals surface area contributed by atoms with Gasteiger partial charge in [0.25, 0.3) is 0 Å². The molecule has 3 nitrogen and oxygen atoms in total. The summed E-state index contributed by atoms with van der Waals surface area (Å²) in [6.07, 6.45) is 6.53. The van der Waals surface area contributed by atoms with Crippen molar-refractivity contribution in [3.05, 3.63) is 0 Å². The zero-order valence-electron chi connectivity index (χ0n) is 13.0. The molecule has 1 aliphatic heterocycles. The van der Waals surface area contributed by atoms with Crippen molar-refractivity contribution >= 4 is 0 Å². The molecule has 19 heavy (non-hydrogen) atoms. The maximum absolute atomic E-state index is 9.74. The zero-order valence-corrected chi connectivity index (χ0v) is 13.0. The van der Waals surface area contributed by atoms with Crippen LogP contribution in [0.15, 0.2) is 0 Å². The molecule has 2 atom stereocenters. The Hall–Kier alpha value is -0.120. The summed E-state index contributed by atoms with van der Waals surface area (Å²) in [6, 6.07) is 0. The fraction of sp³-hybridized carbons (Fsp3) is 1.00. The van der Waals surface area contributed by atoms with E-state index in [9.17, 15) is 5.11 Å². The summed E-state index contributed by atoms with van der Waals surface area (Å²) in [7, 11) is 2.09. The average Bonchev–Trinajstić information content (AvgIpc) is 2.82. The number of hydrogen-bond donors (Lipinski definition) is 2. The SMILES string of the molecule is CNCC1(CN2CCC(C(C)O)C2)CCC(C)CC1. The quantitative estimate of drug-likeness (QED) is 0.801. The monoisotopic (exact) mass is 268 g/mol. The Labute approximate surface area is 118 Å². The molecule has 2 aliphatic rings. The first-order chi connectivity index (χ1) is 9.04. The van der Waals surface area contributed by atoms with Gasteiger partial charge in [0.05, 0.1) is 6.10 Å². The molecule has 0 aromatic heterocycles. The van der Waals surface area contributed by atoms with E-state index in [2.05, 4.69) is 24.2 Å². The molecular weight excluding hydrogens is 236 g/mol. The molecule has 0 aromatic carbocycles. The van der Waals surface area contributed by atoms with Gasteiger partial charge < -0.3 is 15.3 Å². The van der Waals surface area contributed by atoms with Gasteiger partial charge in [0.1, 0.15) is 0 Å². The van der Waals surface area contributed by atoms with Crippen LogP contribution in [0.5, 0.6) is 0 Å². The second-order valence-corrected chi connectivity index (χ2v) is 7.24. The fourth-order valence-electron chi connectivity index (χ4n) is 4.01. The Morgan fingerprint density at radius 2 is 2.00 bits per heavy atom. The molecule has 1 heterocycles. The maximum Gasteiger partial charge on any atom is 0.0552 e. The molecule has 112 valence electrons. The van der Waals surface area contributed by atoms with Gasteiger partial charge >= 0.3 is 0 Å². The number of nitrogens with zero attached hydrogens (tertiary/aromatic N) is 1. The number of likely N-dealkylation sites (tertiary alicyclic amines) is 1. The molecule has 0 amide bonds. The Balaban J connectivity index is 1.90. The minimum Gasteiger partial charge on any atom is -0.393 e. The molecule has 2 fully saturated rings. The normalized spacial score (nSPS) is 38.5. The van der Waals surface area contributed by atoms with Crippen LogP contribution in [-0.4, -0.2) is 49.3 Å². The van der Waals surface area contributed by atoms with Crippen LogP contribution < -0.4 is 5.32 Å². The number of nitrogens with one attached hydrogen (secondary N) is 1. The summed E-state index contributed by atoms with van der Waals surface area (Å²) in [6.45, 7) is 8.98. The highest BCUT2D eigenvalue weighted by Gasteiger charge is 2.37. The first-order valence-corrected chi connectivity index (χ1v) is 8.10. The van der Waals surface area contributed by atoms with E-state index in [1.165, 1.54) is 45.2 Å². The summed E-state index contributed by atoms with van der Waals surface area (Å²) in [4.78, 5) is 2.60. The molecule has 2 rings (SSSR count). The fourth-order valence-corrected chi connectivity index (χ4v) is 4.01. The lowest BCUT2D eigenvalue weighted by molar-refractivity contribution is 0.0872. The van der Waals surface area contributed by atoms with Gasteiger partial charge in [0.2, 0.25) is 0 Å². The molecule has 0 radical (unpaired) electrons. The van der Waals surface area contributed by atoms with E-state index in [0.29, 0.717) is 11.3 Å². The molecule has 3 heteroatoms. The molecule has 0 spiro atoms. The number of aliphatic hydroxyl groups excluding tert-OH is 1. The van der Waals surface area contributed by atoms with Gasteiger partial charge in [0, 0.05) is 19.6 Å². The molecular formula is C16H32N2O. The highest BCUT2D eigenvalue weighted by atomic mass is 16.3. The van der Waals surface area contributed by atoms with Crippen LogP contribution >= 0.6 is 0 Å². The third-order valence-corrected chi connectivity index (χ3v) is 5.44. The van der Waals surface area contributed by atoms with Crippen LogP contribution in [0.25, 0.3) is 0 Å². The van der Waals surface area contributed by atoms with E-state index in [1.807, 2.05) is 6.92 Å². The maximum atomic E-state index is 9.74.